The molecule has 0 saturated heterocycles. The Morgan fingerprint density at radius 1 is 1.56 bits per heavy atom. The molecule has 0 spiro atoms. The van der Waals surface area contributed by atoms with E-state index >= 15 is 0 Å². The third-order valence-corrected chi connectivity index (χ3v) is 3.92. The van der Waals surface area contributed by atoms with E-state index in [2.05, 4.69) is 9.55 Å². The Balaban J connectivity index is 1.92. The van der Waals surface area contributed by atoms with Crippen molar-refractivity contribution in [2.24, 2.45) is 5.92 Å². The first-order valence-corrected chi connectivity index (χ1v) is 6.60. The quantitative estimate of drug-likeness (QED) is 0.802. The Hall–Kier alpha value is -0.970. The molecule has 0 radical (unpaired) electrons. The minimum absolute atomic E-state index is 0.0850. The predicted octanol–water partition coefficient (Wildman–Crippen LogP) is 2.25. The Bertz CT molecular complexity index is 359. The summed E-state index contributed by atoms with van der Waals surface area (Å²) in [6.45, 7) is 0.988. The van der Waals surface area contributed by atoms with Gasteiger partial charge >= 0.3 is 5.97 Å². The van der Waals surface area contributed by atoms with Crippen LogP contribution in [0, 0.1) is 5.92 Å². The van der Waals surface area contributed by atoms with Gasteiger partial charge in [-0.1, -0.05) is 24.6 Å². The third kappa shape index (κ3) is 3.01. The van der Waals surface area contributed by atoms with Crippen molar-refractivity contribution in [2.45, 2.75) is 37.4 Å². The Morgan fingerprint density at radius 3 is 3.00 bits per heavy atom. The van der Waals surface area contributed by atoms with Crippen LogP contribution in [0.4, 0.5) is 0 Å². The summed E-state index contributed by atoms with van der Waals surface area (Å²) in [6, 6.07) is 0. The predicted molar refractivity (Wildman–Crippen MR) is 62.5 cm³/mol. The van der Waals surface area contributed by atoms with E-state index in [1.54, 1.807) is 6.20 Å². The van der Waals surface area contributed by atoms with Crippen molar-refractivity contribution in [1.82, 2.24) is 9.55 Å². The smallest absolute Gasteiger partial charge is 0.313 e. The fourth-order valence-corrected chi connectivity index (χ4v) is 2.86. The molecule has 1 heterocycles. The first-order valence-electron chi connectivity index (χ1n) is 5.61. The standard InChI is InChI=1S/C11H16N2O2S/c14-10(15)8-16-11-12-5-6-13(11)7-9-3-1-2-4-9/h5-6,9H,1-4,7-8H2,(H,14,15). The fraction of sp³-hybridized carbons (Fsp3) is 0.636. The van der Waals surface area contributed by atoms with Gasteiger partial charge in [-0.05, 0) is 18.8 Å². The molecule has 4 nitrogen and oxygen atoms in total. The van der Waals surface area contributed by atoms with Crippen molar-refractivity contribution in [2.75, 3.05) is 5.75 Å². The van der Waals surface area contributed by atoms with Gasteiger partial charge in [0.2, 0.25) is 0 Å². The van der Waals surface area contributed by atoms with Crippen LogP contribution in [0.5, 0.6) is 0 Å². The zero-order chi connectivity index (χ0) is 11.4. The average Bonchev–Trinajstić information content (AvgIpc) is 2.87. The molecule has 1 aliphatic rings. The van der Waals surface area contributed by atoms with E-state index < -0.39 is 5.97 Å². The molecule has 0 atom stereocenters. The summed E-state index contributed by atoms with van der Waals surface area (Å²) in [6.07, 6.45) is 8.94. The van der Waals surface area contributed by atoms with Crippen LogP contribution < -0.4 is 0 Å². The molecule has 1 aromatic rings. The maximum absolute atomic E-state index is 10.5. The molecule has 1 fully saturated rings. The van der Waals surface area contributed by atoms with Crippen LogP contribution in [0.3, 0.4) is 0 Å². The number of carboxylic acid groups (broad SMARTS) is 1. The first kappa shape index (κ1) is 11.5. The molecule has 0 unspecified atom stereocenters. The van der Waals surface area contributed by atoms with Crippen LogP contribution in [-0.2, 0) is 11.3 Å². The van der Waals surface area contributed by atoms with E-state index in [0.29, 0.717) is 0 Å². The lowest BCUT2D eigenvalue weighted by Crippen LogP contribution is -2.08. The van der Waals surface area contributed by atoms with Gasteiger partial charge in [-0.25, -0.2) is 4.98 Å². The number of carbonyl (C=O) groups is 1. The molecule has 16 heavy (non-hydrogen) atoms. The number of hydrogen-bond donors (Lipinski definition) is 1. The number of aromatic nitrogens is 2. The van der Waals surface area contributed by atoms with Gasteiger partial charge < -0.3 is 9.67 Å². The molecular formula is C11H16N2O2S. The topological polar surface area (TPSA) is 55.1 Å². The maximum Gasteiger partial charge on any atom is 0.313 e. The van der Waals surface area contributed by atoms with Crippen molar-refractivity contribution < 1.29 is 9.90 Å². The number of imidazole rings is 1. The highest BCUT2D eigenvalue weighted by Gasteiger charge is 2.17. The zero-order valence-electron chi connectivity index (χ0n) is 9.13. The summed E-state index contributed by atoms with van der Waals surface area (Å²) in [5.74, 6) is 0.0422. The summed E-state index contributed by atoms with van der Waals surface area (Å²) in [5, 5.41) is 9.46. The molecule has 1 aliphatic carbocycles. The molecule has 88 valence electrons. The Kier molecular flexibility index (Phi) is 3.88. The van der Waals surface area contributed by atoms with Crippen molar-refractivity contribution in [3.8, 4) is 0 Å². The average molecular weight is 240 g/mol. The molecular weight excluding hydrogens is 224 g/mol. The largest absolute Gasteiger partial charge is 0.481 e. The number of rotatable bonds is 5. The van der Waals surface area contributed by atoms with Gasteiger partial charge in [0, 0.05) is 18.9 Å². The molecule has 0 amide bonds. The number of carboxylic acids is 1. The lowest BCUT2D eigenvalue weighted by molar-refractivity contribution is -0.133. The summed E-state index contributed by atoms with van der Waals surface area (Å²) in [5.41, 5.74) is 0. The van der Waals surface area contributed by atoms with E-state index in [-0.39, 0.29) is 5.75 Å². The van der Waals surface area contributed by atoms with Crippen LogP contribution in [0.15, 0.2) is 17.6 Å². The van der Waals surface area contributed by atoms with Crippen molar-refractivity contribution in [1.29, 1.82) is 0 Å². The molecule has 1 saturated carbocycles. The number of hydrogen-bond acceptors (Lipinski definition) is 3. The number of aliphatic carboxylic acids is 1. The van der Waals surface area contributed by atoms with Gasteiger partial charge in [-0.15, -0.1) is 0 Å². The summed E-state index contributed by atoms with van der Waals surface area (Å²) in [4.78, 5) is 14.7. The van der Waals surface area contributed by atoms with E-state index in [1.807, 2.05) is 6.20 Å². The van der Waals surface area contributed by atoms with Gasteiger partial charge in [0.15, 0.2) is 5.16 Å². The molecule has 0 bridgehead atoms. The minimum Gasteiger partial charge on any atom is -0.481 e. The lowest BCUT2D eigenvalue weighted by atomic mass is 10.1. The van der Waals surface area contributed by atoms with E-state index in [1.165, 1.54) is 37.4 Å². The van der Waals surface area contributed by atoms with Gasteiger partial charge in [0.05, 0.1) is 5.75 Å². The van der Waals surface area contributed by atoms with Crippen molar-refractivity contribution in [3.63, 3.8) is 0 Å². The first-order chi connectivity index (χ1) is 7.75. The monoisotopic (exact) mass is 240 g/mol. The number of nitrogens with zero attached hydrogens (tertiary/aromatic N) is 2. The zero-order valence-corrected chi connectivity index (χ0v) is 9.95. The summed E-state index contributed by atoms with van der Waals surface area (Å²) < 4.78 is 2.09. The molecule has 0 aliphatic heterocycles. The van der Waals surface area contributed by atoms with Gasteiger partial charge in [-0.2, -0.15) is 0 Å². The highest BCUT2D eigenvalue weighted by Crippen LogP contribution is 2.27. The number of thioether (sulfide) groups is 1. The van der Waals surface area contributed by atoms with E-state index in [4.69, 9.17) is 5.11 Å². The van der Waals surface area contributed by atoms with Crippen LogP contribution in [0.25, 0.3) is 0 Å². The fourth-order valence-electron chi connectivity index (χ4n) is 2.17. The van der Waals surface area contributed by atoms with Crippen LogP contribution in [0.1, 0.15) is 25.7 Å². The molecule has 0 aromatic carbocycles. The van der Waals surface area contributed by atoms with Crippen LogP contribution >= 0.6 is 11.8 Å². The van der Waals surface area contributed by atoms with Crippen LogP contribution in [0.2, 0.25) is 0 Å². The summed E-state index contributed by atoms with van der Waals surface area (Å²) in [7, 11) is 0. The second kappa shape index (κ2) is 5.39. The molecule has 1 N–H and O–H groups in total. The highest BCUT2D eigenvalue weighted by atomic mass is 32.2. The summed E-state index contributed by atoms with van der Waals surface area (Å²) >= 11 is 1.30. The van der Waals surface area contributed by atoms with Crippen molar-refractivity contribution in [3.05, 3.63) is 12.4 Å². The normalized spacial score (nSPS) is 16.8. The third-order valence-electron chi connectivity index (χ3n) is 2.93. The Labute approximate surface area is 99.1 Å². The molecule has 1 aromatic heterocycles. The second-order valence-corrected chi connectivity index (χ2v) is 5.14. The highest BCUT2D eigenvalue weighted by molar-refractivity contribution is 7.99. The molecule has 5 heteroatoms. The van der Waals surface area contributed by atoms with E-state index in [0.717, 1.165) is 17.6 Å². The van der Waals surface area contributed by atoms with Crippen molar-refractivity contribution >= 4 is 17.7 Å². The van der Waals surface area contributed by atoms with Gasteiger partial charge in [0.25, 0.3) is 0 Å². The van der Waals surface area contributed by atoms with Gasteiger partial charge in [0.1, 0.15) is 0 Å². The molecule has 2 rings (SSSR count). The minimum atomic E-state index is -0.791. The Morgan fingerprint density at radius 2 is 2.31 bits per heavy atom. The maximum atomic E-state index is 10.5. The SMILES string of the molecule is O=C(O)CSc1nccn1CC1CCCC1. The van der Waals surface area contributed by atoms with Gasteiger partial charge in [-0.3, -0.25) is 4.79 Å². The van der Waals surface area contributed by atoms with E-state index in [9.17, 15) is 4.79 Å². The van der Waals surface area contributed by atoms with Crippen LogP contribution in [-0.4, -0.2) is 26.4 Å². The lowest BCUT2D eigenvalue weighted by Gasteiger charge is -2.11. The second-order valence-electron chi connectivity index (χ2n) is 4.20.